The number of hydrogen-bond donors (Lipinski definition) is 1. The molecule has 8 heteroatoms. The largest absolute Gasteiger partial charge is 0.478 e. The zero-order chi connectivity index (χ0) is 31.3. The minimum atomic E-state index is -1.22. The van der Waals surface area contributed by atoms with E-state index in [0.29, 0.717) is 5.57 Å². The summed E-state index contributed by atoms with van der Waals surface area (Å²) in [6.45, 7) is 11.0. The lowest BCUT2D eigenvalue weighted by Gasteiger charge is -2.36. The molecule has 44 heavy (non-hydrogen) atoms. The van der Waals surface area contributed by atoms with Gasteiger partial charge in [-0.1, -0.05) is 79.7 Å². The number of hydrogen-bond acceptors (Lipinski definition) is 3. The summed E-state index contributed by atoms with van der Waals surface area (Å²) in [5, 5.41) is 12.3. The van der Waals surface area contributed by atoms with Crippen LogP contribution >= 0.6 is 46.4 Å². The van der Waals surface area contributed by atoms with E-state index in [9.17, 15) is 9.90 Å². The number of nitrogens with zero attached hydrogens (tertiary/aromatic N) is 1. The highest BCUT2D eigenvalue weighted by atomic mass is 35.5. The predicted octanol–water partition coefficient (Wildman–Crippen LogP) is 9.54. The van der Waals surface area contributed by atoms with Crippen LogP contribution in [0.25, 0.3) is 12.2 Å². The Morgan fingerprint density at radius 1 is 0.909 bits per heavy atom. The van der Waals surface area contributed by atoms with Gasteiger partial charge in [0.2, 0.25) is 0 Å². The minimum Gasteiger partial charge on any atom is -0.478 e. The van der Waals surface area contributed by atoms with Crippen molar-refractivity contribution in [3.8, 4) is 11.5 Å². The Balaban J connectivity index is 1.83. The van der Waals surface area contributed by atoms with Gasteiger partial charge >= 0.3 is 5.97 Å². The number of fused-ring (bicyclic) bond motifs is 3. The van der Waals surface area contributed by atoms with Gasteiger partial charge in [-0.3, -0.25) is 0 Å². The van der Waals surface area contributed by atoms with Crippen molar-refractivity contribution >= 4 is 70.2 Å². The molecule has 0 unspecified atom stereocenters. The number of unbranched alkanes of at least 4 members (excludes halogenated alkanes) is 2. The van der Waals surface area contributed by atoms with Gasteiger partial charge in [-0.15, -0.1) is 0 Å². The number of ether oxygens (including phenoxy) is 1. The predicted molar refractivity (Wildman–Crippen MR) is 183 cm³/mol. The van der Waals surface area contributed by atoms with Gasteiger partial charge in [0.25, 0.3) is 0 Å². The Hall–Kier alpha value is -2.37. The molecule has 0 atom stereocenters. The van der Waals surface area contributed by atoms with Gasteiger partial charge in [0.15, 0.2) is 0 Å². The van der Waals surface area contributed by atoms with Gasteiger partial charge in [0.05, 0.1) is 25.7 Å². The van der Waals surface area contributed by atoms with Crippen LogP contribution in [0, 0.1) is 0 Å². The number of carboxylic acid groups (broad SMARTS) is 1. The molecule has 0 amide bonds. The van der Waals surface area contributed by atoms with Crippen LogP contribution in [0.2, 0.25) is 20.1 Å². The SMILES string of the molecule is C=c1c(CCCC)cc2c(c1CCCC)Oc1c(cc3c4c1CCCN4CCCC3)C=2c1c(Cl)c(Cl)c(Cl)c(Cl)c1C(=O)O. The van der Waals surface area contributed by atoms with Crippen molar-refractivity contribution in [3.05, 3.63) is 81.6 Å². The van der Waals surface area contributed by atoms with E-state index in [0.717, 1.165) is 122 Å². The first-order chi connectivity index (χ1) is 21.2. The lowest BCUT2D eigenvalue weighted by Crippen LogP contribution is -2.32. The molecule has 0 saturated carbocycles. The van der Waals surface area contributed by atoms with Gasteiger partial charge in [0, 0.05) is 51.8 Å². The second-order valence-electron chi connectivity index (χ2n) is 12.2. The molecular weight excluding hydrogens is 636 g/mol. The van der Waals surface area contributed by atoms with Crippen LogP contribution in [0.5, 0.6) is 11.5 Å². The van der Waals surface area contributed by atoms with Crippen LogP contribution in [-0.4, -0.2) is 24.2 Å². The Morgan fingerprint density at radius 3 is 2.34 bits per heavy atom. The number of aryl methyl sites for hydroxylation is 2. The van der Waals surface area contributed by atoms with Crippen LogP contribution in [0.3, 0.4) is 0 Å². The molecule has 3 aliphatic rings. The summed E-state index contributed by atoms with van der Waals surface area (Å²) in [5.41, 5.74) is 7.52. The van der Waals surface area contributed by atoms with Crippen LogP contribution in [0.4, 0.5) is 5.69 Å². The average molecular weight is 674 g/mol. The van der Waals surface area contributed by atoms with Crippen molar-refractivity contribution in [2.45, 2.75) is 84.5 Å². The fraction of sp³-hybridized carbons (Fsp3) is 0.417. The fourth-order valence-electron chi connectivity index (χ4n) is 7.21. The third-order valence-corrected chi connectivity index (χ3v) is 11.2. The molecule has 3 aliphatic heterocycles. The summed E-state index contributed by atoms with van der Waals surface area (Å²) < 4.78 is 7.06. The highest BCUT2D eigenvalue weighted by Crippen LogP contribution is 2.51. The summed E-state index contributed by atoms with van der Waals surface area (Å²) in [5.74, 6) is 0.273. The summed E-state index contributed by atoms with van der Waals surface area (Å²) in [6.07, 6.45) is 10.7. The summed E-state index contributed by atoms with van der Waals surface area (Å²) in [7, 11) is 0. The first-order valence-electron chi connectivity index (χ1n) is 15.8. The number of carboxylic acids is 1. The molecule has 4 nitrogen and oxygen atoms in total. The Labute approximate surface area is 279 Å². The number of aromatic carboxylic acids is 1. The van der Waals surface area contributed by atoms with Gasteiger partial charge in [-0.2, -0.15) is 0 Å². The Kier molecular flexibility index (Phi) is 9.19. The van der Waals surface area contributed by atoms with E-state index in [-0.39, 0.29) is 31.2 Å². The van der Waals surface area contributed by atoms with Crippen molar-refractivity contribution in [1.82, 2.24) is 0 Å². The number of rotatable bonds is 8. The molecule has 0 spiro atoms. The minimum absolute atomic E-state index is 0.0360. The van der Waals surface area contributed by atoms with Gasteiger partial charge in [-0.05, 0) is 86.3 Å². The van der Waals surface area contributed by atoms with Crippen molar-refractivity contribution in [3.63, 3.8) is 0 Å². The number of benzene rings is 3. The highest BCUT2D eigenvalue weighted by Gasteiger charge is 2.36. The summed E-state index contributed by atoms with van der Waals surface area (Å²) in [6, 6.07) is 4.33. The first kappa shape index (κ1) is 31.6. The van der Waals surface area contributed by atoms with Crippen molar-refractivity contribution in [1.29, 1.82) is 0 Å². The van der Waals surface area contributed by atoms with E-state index in [4.69, 9.17) is 51.1 Å². The number of carbonyl (C=O) groups is 1. The lowest BCUT2D eigenvalue weighted by atomic mass is 9.83. The smallest absolute Gasteiger partial charge is 0.337 e. The van der Waals surface area contributed by atoms with Crippen molar-refractivity contribution in [2.24, 2.45) is 0 Å². The van der Waals surface area contributed by atoms with E-state index in [1.807, 2.05) is 0 Å². The maximum absolute atomic E-state index is 12.9. The molecular formula is C36H37Cl4NO3. The topological polar surface area (TPSA) is 49.8 Å². The van der Waals surface area contributed by atoms with E-state index in [1.165, 1.54) is 16.8 Å². The monoisotopic (exact) mass is 671 g/mol. The summed E-state index contributed by atoms with van der Waals surface area (Å²) in [4.78, 5) is 15.4. The number of halogens is 4. The zero-order valence-corrected chi connectivity index (χ0v) is 28.3. The van der Waals surface area contributed by atoms with Crippen LogP contribution in [-0.2, 0) is 25.7 Å². The second kappa shape index (κ2) is 12.8. The lowest BCUT2D eigenvalue weighted by molar-refractivity contribution is 0.0696. The highest BCUT2D eigenvalue weighted by molar-refractivity contribution is 6.53. The maximum atomic E-state index is 12.9. The average Bonchev–Trinajstić information content (AvgIpc) is 3.22. The molecule has 0 aromatic heterocycles. The van der Waals surface area contributed by atoms with E-state index in [2.05, 4.69) is 37.5 Å². The molecule has 0 aliphatic carbocycles. The molecule has 0 bridgehead atoms. The molecule has 0 radical (unpaired) electrons. The molecule has 0 saturated heterocycles. The number of anilines is 1. The first-order valence-corrected chi connectivity index (χ1v) is 17.3. The molecule has 232 valence electrons. The second-order valence-corrected chi connectivity index (χ2v) is 13.7. The standard InChI is InChI=1S/C36H37Cl4NO3/c1-4-6-11-20-17-24-26(27-28(36(42)43)30(38)32(40)31(39)29(27)37)25-18-21-12-8-9-15-41-16-10-14-23(33(21)41)35(25)44-34(24)22(19(20)3)13-7-5-2/h17-18H,3-16H2,1-2H3,(H,42,43). The molecule has 0 fully saturated rings. The van der Waals surface area contributed by atoms with E-state index >= 15 is 0 Å². The maximum Gasteiger partial charge on any atom is 0.337 e. The molecule has 3 heterocycles. The quantitative estimate of drug-likeness (QED) is 0.150. The van der Waals surface area contributed by atoms with Crippen molar-refractivity contribution < 1.29 is 14.6 Å². The summed E-state index contributed by atoms with van der Waals surface area (Å²) >= 11 is 26.8. The molecule has 3 aromatic carbocycles. The Bertz CT molecular complexity index is 1800. The molecule has 6 rings (SSSR count). The van der Waals surface area contributed by atoms with Gasteiger partial charge in [0.1, 0.15) is 11.5 Å². The van der Waals surface area contributed by atoms with E-state index < -0.39 is 5.97 Å². The molecule has 1 N–H and O–H groups in total. The van der Waals surface area contributed by atoms with Gasteiger partial charge in [-0.25, -0.2) is 4.79 Å². The van der Waals surface area contributed by atoms with Crippen LogP contribution in [0.1, 0.15) is 103 Å². The van der Waals surface area contributed by atoms with Crippen molar-refractivity contribution in [2.75, 3.05) is 18.0 Å². The zero-order valence-electron chi connectivity index (χ0n) is 25.3. The Morgan fingerprint density at radius 2 is 1.61 bits per heavy atom. The third kappa shape index (κ3) is 5.20. The molecule has 3 aromatic rings. The van der Waals surface area contributed by atoms with Gasteiger partial charge < -0.3 is 14.7 Å². The van der Waals surface area contributed by atoms with E-state index in [1.54, 1.807) is 0 Å². The fourth-order valence-corrected chi connectivity index (χ4v) is 8.23. The van der Waals surface area contributed by atoms with Crippen LogP contribution < -0.4 is 20.1 Å². The normalized spacial score (nSPS) is 15.3. The van der Waals surface area contributed by atoms with Crippen LogP contribution in [0.15, 0.2) is 12.1 Å². The third-order valence-electron chi connectivity index (χ3n) is 9.37.